The van der Waals surface area contributed by atoms with Crippen LogP contribution in [0.25, 0.3) is 0 Å². The van der Waals surface area contributed by atoms with Gasteiger partial charge in [0.25, 0.3) is 0 Å². The van der Waals surface area contributed by atoms with Crippen LogP contribution in [-0.4, -0.2) is 66.4 Å². The van der Waals surface area contributed by atoms with Crippen LogP contribution in [0.1, 0.15) is 27.2 Å². The molecule has 2 atom stereocenters. The van der Waals surface area contributed by atoms with Gasteiger partial charge in [0.05, 0.1) is 6.54 Å². The fourth-order valence-electron chi connectivity index (χ4n) is 2.01. The molecule has 132 valence electrons. The number of rotatable bonds is 5. The SMILES string of the molecule is CC(C)(C)OC(=O)NC[C@H](C(=O)O)N1CC(S(=O)(=O)F)CC1=O. The Morgan fingerprint density at radius 2 is 2.04 bits per heavy atom. The lowest BCUT2D eigenvalue weighted by Crippen LogP contribution is -2.50. The number of ether oxygens (including phenoxy) is 1. The molecule has 0 bridgehead atoms. The van der Waals surface area contributed by atoms with Gasteiger partial charge in [-0.25, -0.2) is 9.59 Å². The molecule has 1 aliphatic heterocycles. The zero-order valence-corrected chi connectivity index (χ0v) is 13.7. The molecule has 0 aromatic heterocycles. The van der Waals surface area contributed by atoms with Gasteiger partial charge >= 0.3 is 22.3 Å². The van der Waals surface area contributed by atoms with Gasteiger partial charge in [0.2, 0.25) is 5.91 Å². The number of aliphatic carboxylic acids is 1. The number of nitrogens with one attached hydrogen (secondary N) is 1. The quantitative estimate of drug-likeness (QED) is 0.657. The third kappa shape index (κ3) is 5.66. The van der Waals surface area contributed by atoms with Gasteiger partial charge in [-0.15, -0.1) is 3.89 Å². The summed E-state index contributed by atoms with van der Waals surface area (Å²) in [7, 11) is -4.95. The summed E-state index contributed by atoms with van der Waals surface area (Å²) in [6, 6.07) is -1.51. The van der Waals surface area contributed by atoms with Gasteiger partial charge in [-0.1, -0.05) is 0 Å². The number of hydrogen-bond acceptors (Lipinski definition) is 6. The number of likely N-dealkylation sites (tertiary alicyclic amines) is 1. The van der Waals surface area contributed by atoms with E-state index in [0.717, 1.165) is 4.90 Å². The molecule has 2 N–H and O–H groups in total. The fraction of sp³-hybridized carbons (Fsp3) is 0.750. The maximum absolute atomic E-state index is 13.0. The van der Waals surface area contributed by atoms with Crippen molar-refractivity contribution in [2.75, 3.05) is 13.1 Å². The molecule has 1 unspecified atom stereocenters. The number of carboxylic acids is 1. The van der Waals surface area contributed by atoms with Gasteiger partial charge < -0.3 is 20.1 Å². The molecule has 23 heavy (non-hydrogen) atoms. The van der Waals surface area contributed by atoms with Crippen molar-refractivity contribution in [3.63, 3.8) is 0 Å². The molecule has 2 amide bonds. The lowest BCUT2D eigenvalue weighted by atomic mass is 10.2. The predicted molar refractivity (Wildman–Crippen MR) is 75.8 cm³/mol. The molecule has 0 spiro atoms. The first-order valence-electron chi connectivity index (χ1n) is 6.74. The predicted octanol–water partition coefficient (Wildman–Crippen LogP) is -0.135. The standard InChI is InChI=1S/C12H19FN2O7S/c1-12(2,3)22-11(19)14-5-8(10(17)18)15-6-7(4-9(15)16)23(13,20)21/h7-8H,4-6H2,1-3H3,(H,14,19)(H,17,18)/t7?,8-/m1/s1. The molecule has 1 saturated heterocycles. The second-order valence-electron chi connectivity index (χ2n) is 6.08. The lowest BCUT2D eigenvalue weighted by Gasteiger charge is -2.25. The van der Waals surface area contributed by atoms with E-state index in [4.69, 9.17) is 9.84 Å². The van der Waals surface area contributed by atoms with Crippen molar-refractivity contribution < 1.29 is 36.5 Å². The van der Waals surface area contributed by atoms with E-state index in [-0.39, 0.29) is 0 Å². The summed E-state index contributed by atoms with van der Waals surface area (Å²) in [5, 5.41) is 9.75. The first kappa shape index (κ1) is 19.1. The highest BCUT2D eigenvalue weighted by Gasteiger charge is 2.43. The number of amides is 2. The minimum absolute atomic E-state index is 0.491. The van der Waals surface area contributed by atoms with Crippen LogP contribution in [0.2, 0.25) is 0 Å². The van der Waals surface area contributed by atoms with Crippen LogP contribution in [0, 0.1) is 0 Å². The normalized spacial score (nSPS) is 20.3. The summed E-state index contributed by atoms with van der Waals surface area (Å²) in [5.74, 6) is -2.26. The second kappa shape index (κ2) is 6.69. The number of carboxylic acid groups (broad SMARTS) is 1. The van der Waals surface area contributed by atoms with Gasteiger partial charge in [0, 0.05) is 13.0 Å². The van der Waals surface area contributed by atoms with Crippen molar-refractivity contribution in [3.8, 4) is 0 Å². The Hall–Kier alpha value is -1.91. The number of nitrogens with zero attached hydrogens (tertiary/aromatic N) is 1. The van der Waals surface area contributed by atoms with Gasteiger partial charge in [-0.05, 0) is 20.8 Å². The third-order valence-corrected chi connectivity index (χ3v) is 4.13. The fourth-order valence-corrected chi connectivity index (χ4v) is 2.69. The summed E-state index contributed by atoms with van der Waals surface area (Å²) >= 11 is 0. The molecule has 9 nitrogen and oxygen atoms in total. The third-order valence-electron chi connectivity index (χ3n) is 3.02. The van der Waals surface area contributed by atoms with Gasteiger partial charge in [0.15, 0.2) is 0 Å². The number of alkyl carbamates (subject to hydrolysis) is 1. The number of halogens is 1. The van der Waals surface area contributed by atoms with Gasteiger partial charge in [-0.2, -0.15) is 8.42 Å². The lowest BCUT2D eigenvalue weighted by molar-refractivity contribution is -0.148. The molecule has 0 aromatic rings. The zero-order chi connectivity index (χ0) is 18.0. The van der Waals surface area contributed by atoms with Crippen molar-refractivity contribution in [3.05, 3.63) is 0 Å². The number of carbonyl (C=O) groups is 3. The molecule has 1 aliphatic rings. The molecule has 0 aromatic carbocycles. The zero-order valence-electron chi connectivity index (χ0n) is 12.9. The van der Waals surface area contributed by atoms with Gasteiger partial charge in [-0.3, -0.25) is 4.79 Å². The summed E-state index contributed by atoms with van der Waals surface area (Å²) in [6.45, 7) is 3.77. The Kier molecular flexibility index (Phi) is 5.56. The Morgan fingerprint density at radius 1 is 1.48 bits per heavy atom. The second-order valence-corrected chi connectivity index (χ2v) is 7.70. The smallest absolute Gasteiger partial charge is 0.407 e. The Labute approximate surface area is 133 Å². The maximum Gasteiger partial charge on any atom is 0.407 e. The molecule has 0 aliphatic carbocycles. The molecule has 0 saturated carbocycles. The molecule has 0 radical (unpaired) electrons. The van der Waals surface area contributed by atoms with E-state index < -0.39 is 64.6 Å². The van der Waals surface area contributed by atoms with Crippen molar-refractivity contribution in [1.29, 1.82) is 0 Å². The Morgan fingerprint density at radius 3 is 2.43 bits per heavy atom. The van der Waals surface area contributed by atoms with E-state index in [0.29, 0.717) is 0 Å². The molecule has 1 heterocycles. The van der Waals surface area contributed by atoms with Crippen molar-refractivity contribution >= 4 is 28.2 Å². The topological polar surface area (TPSA) is 130 Å². The van der Waals surface area contributed by atoms with Crippen LogP contribution in [0.4, 0.5) is 8.68 Å². The number of carbonyl (C=O) groups excluding carboxylic acids is 2. The van der Waals surface area contributed by atoms with E-state index in [9.17, 15) is 26.7 Å². The average molecular weight is 354 g/mol. The van der Waals surface area contributed by atoms with Crippen LogP contribution >= 0.6 is 0 Å². The van der Waals surface area contributed by atoms with Crippen molar-refractivity contribution in [1.82, 2.24) is 10.2 Å². The molecular formula is C12H19FN2O7S. The van der Waals surface area contributed by atoms with E-state index in [1.165, 1.54) is 0 Å². The minimum atomic E-state index is -4.95. The Bertz CT molecular complexity index is 599. The Balaban J connectivity index is 2.75. The van der Waals surface area contributed by atoms with Crippen LogP contribution in [0.15, 0.2) is 0 Å². The van der Waals surface area contributed by atoms with E-state index in [1.54, 1.807) is 20.8 Å². The monoisotopic (exact) mass is 354 g/mol. The van der Waals surface area contributed by atoms with Gasteiger partial charge in [0.1, 0.15) is 16.9 Å². The van der Waals surface area contributed by atoms with Crippen LogP contribution in [0.5, 0.6) is 0 Å². The summed E-state index contributed by atoms with van der Waals surface area (Å²) < 4.78 is 39.6. The average Bonchev–Trinajstić information content (AvgIpc) is 2.69. The maximum atomic E-state index is 13.0. The first-order chi connectivity index (χ1) is 10.3. The molecule has 1 fully saturated rings. The largest absolute Gasteiger partial charge is 0.480 e. The first-order valence-corrected chi connectivity index (χ1v) is 8.18. The van der Waals surface area contributed by atoms with E-state index >= 15 is 0 Å². The van der Waals surface area contributed by atoms with Crippen molar-refractivity contribution in [2.45, 2.75) is 44.1 Å². The molecule has 11 heteroatoms. The van der Waals surface area contributed by atoms with Crippen molar-refractivity contribution in [2.24, 2.45) is 0 Å². The highest BCUT2D eigenvalue weighted by atomic mass is 32.3. The van der Waals surface area contributed by atoms with Crippen LogP contribution in [-0.2, 0) is 24.5 Å². The highest BCUT2D eigenvalue weighted by molar-refractivity contribution is 7.87. The minimum Gasteiger partial charge on any atom is -0.480 e. The summed E-state index contributed by atoms with van der Waals surface area (Å²) in [4.78, 5) is 35.2. The van der Waals surface area contributed by atoms with Crippen LogP contribution < -0.4 is 5.32 Å². The molecular weight excluding hydrogens is 335 g/mol. The summed E-state index contributed by atoms with van der Waals surface area (Å²) in [5.41, 5.74) is -0.792. The highest BCUT2D eigenvalue weighted by Crippen LogP contribution is 2.21. The van der Waals surface area contributed by atoms with Crippen LogP contribution in [0.3, 0.4) is 0 Å². The number of hydrogen-bond donors (Lipinski definition) is 2. The summed E-state index contributed by atoms with van der Waals surface area (Å²) in [6.07, 6.45) is -1.51. The van der Waals surface area contributed by atoms with E-state index in [1.807, 2.05) is 0 Å². The molecule has 1 rings (SSSR count). The van der Waals surface area contributed by atoms with E-state index in [2.05, 4.69) is 5.32 Å².